The first-order chi connectivity index (χ1) is 10.9. The van der Waals surface area contributed by atoms with Crippen LogP contribution in [0.2, 0.25) is 0 Å². The van der Waals surface area contributed by atoms with Gasteiger partial charge in [0.1, 0.15) is 16.4 Å². The summed E-state index contributed by atoms with van der Waals surface area (Å²) < 4.78 is 25.3. The number of benzene rings is 1. The molecule has 0 atom stereocenters. The molecule has 120 valence electrons. The second kappa shape index (κ2) is 5.82. The summed E-state index contributed by atoms with van der Waals surface area (Å²) in [7, 11) is -3.35. The van der Waals surface area contributed by atoms with Gasteiger partial charge in [-0.05, 0) is 35.9 Å². The fourth-order valence-corrected chi connectivity index (χ4v) is 4.63. The van der Waals surface area contributed by atoms with Crippen LogP contribution in [-0.2, 0) is 21.2 Å². The van der Waals surface area contributed by atoms with Gasteiger partial charge in [0.2, 0.25) is 5.91 Å². The van der Waals surface area contributed by atoms with Crippen LogP contribution in [0.1, 0.15) is 5.69 Å². The number of carbonyl (C=O) groups is 1. The van der Waals surface area contributed by atoms with Crippen LogP contribution in [-0.4, -0.2) is 25.1 Å². The number of hydrogen-bond donors (Lipinski definition) is 1. The molecule has 0 spiro atoms. The number of fused-ring (bicyclic) bond motifs is 1. The number of hydrogen-bond acceptors (Lipinski definition) is 4. The molecule has 0 unspecified atom stereocenters. The van der Waals surface area contributed by atoms with Crippen molar-refractivity contribution in [1.29, 1.82) is 0 Å². The molecular weight excluding hydrogens is 332 g/mol. The molecule has 1 aromatic carbocycles. The van der Waals surface area contributed by atoms with Gasteiger partial charge in [-0.15, -0.1) is 11.3 Å². The number of para-hydroxylation sites is 1. The minimum absolute atomic E-state index is 0.139. The highest BCUT2D eigenvalue weighted by atomic mass is 32.2. The third-order valence-electron chi connectivity index (χ3n) is 3.60. The Hall–Kier alpha value is -2.12. The van der Waals surface area contributed by atoms with Crippen molar-refractivity contribution in [3.8, 4) is 0 Å². The van der Waals surface area contributed by atoms with Crippen LogP contribution < -0.4 is 5.32 Å². The van der Waals surface area contributed by atoms with Crippen molar-refractivity contribution in [2.45, 2.75) is 18.4 Å². The lowest BCUT2D eigenvalue weighted by atomic mass is 10.2. The van der Waals surface area contributed by atoms with E-state index in [0.29, 0.717) is 5.00 Å². The Balaban J connectivity index is 1.85. The van der Waals surface area contributed by atoms with Crippen LogP contribution in [0.5, 0.6) is 0 Å². The van der Waals surface area contributed by atoms with Gasteiger partial charge in [0.25, 0.3) is 0 Å². The zero-order chi connectivity index (χ0) is 16.6. The smallest absolute Gasteiger partial charge is 0.244 e. The van der Waals surface area contributed by atoms with E-state index < -0.39 is 9.84 Å². The number of thiophene rings is 1. The average Bonchev–Trinajstić information content (AvgIpc) is 3.04. The number of amides is 1. The van der Waals surface area contributed by atoms with E-state index in [2.05, 4.69) is 5.32 Å². The monoisotopic (exact) mass is 348 g/mol. The number of rotatable bonds is 4. The van der Waals surface area contributed by atoms with Crippen LogP contribution in [0.3, 0.4) is 0 Å². The molecular formula is C16H16N2O3S2. The van der Waals surface area contributed by atoms with Gasteiger partial charge in [0.05, 0.1) is 0 Å². The predicted octanol–water partition coefficient (Wildman–Crippen LogP) is 3.05. The molecule has 5 nitrogen and oxygen atoms in total. The summed E-state index contributed by atoms with van der Waals surface area (Å²) >= 11 is 1.20. The molecule has 1 N–H and O–H groups in total. The van der Waals surface area contributed by atoms with Gasteiger partial charge in [0.15, 0.2) is 9.84 Å². The quantitative estimate of drug-likeness (QED) is 0.788. The van der Waals surface area contributed by atoms with Crippen molar-refractivity contribution in [1.82, 2.24) is 4.57 Å². The summed E-state index contributed by atoms with van der Waals surface area (Å²) in [6.07, 6.45) is 1.13. The molecule has 2 aromatic heterocycles. The molecule has 0 saturated carbocycles. The van der Waals surface area contributed by atoms with E-state index in [0.717, 1.165) is 22.9 Å². The number of sulfone groups is 1. The number of anilines is 1. The van der Waals surface area contributed by atoms with E-state index in [4.69, 9.17) is 0 Å². The highest BCUT2D eigenvalue weighted by molar-refractivity contribution is 7.91. The van der Waals surface area contributed by atoms with E-state index in [9.17, 15) is 13.2 Å². The van der Waals surface area contributed by atoms with Crippen molar-refractivity contribution in [3.05, 3.63) is 47.5 Å². The molecule has 0 aliphatic heterocycles. The maximum atomic E-state index is 12.3. The lowest BCUT2D eigenvalue weighted by molar-refractivity contribution is -0.116. The SMILES string of the molecule is Cc1cc2ccccc2n1CC(=O)Nc1sccc1S(C)(=O)=O. The Kier molecular flexibility index (Phi) is 3.99. The van der Waals surface area contributed by atoms with Crippen molar-refractivity contribution < 1.29 is 13.2 Å². The minimum Gasteiger partial charge on any atom is -0.335 e. The fourth-order valence-electron chi connectivity index (χ4n) is 2.55. The van der Waals surface area contributed by atoms with E-state index >= 15 is 0 Å². The van der Waals surface area contributed by atoms with Crippen LogP contribution in [0, 0.1) is 6.92 Å². The van der Waals surface area contributed by atoms with Crippen LogP contribution in [0.4, 0.5) is 5.00 Å². The molecule has 0 aliphatic carbocycles. The maximum absolute atomic E-state index is 12.3. The van der Waals surface area contributed by atoms with Gasteiger partial charge >= 0.3 is 0 Å². The molecule has 0 fully saturated rings. The third-order valence-corrected chi connectivity index (χ3v) is 5.70. The first-order valence-corrected chi connectivity index (χ1v) is 9.75. The molecule has 23 heavy (non-hydrogen) atoms. The summed E-state index contributed by atoms with van der Waals surface area (Å²) in [6, 6.07) is 11.4. The second-order valence-corrected chi connectivity index (χ2v) is 8.27. The van der Waals surface area contributed by atoms with Crippen LogP contribution in [0.15, 0.2) is 46.7 Å². The molecule has 3 rings (SSSR count). The van der Waals surface area contributed by atoms with Gasteiger partial charge < -0.3 is 9.88 Å². The summed E-state index contributed by atoms with van der Waals surface area (Å²) in [6.45, 7) is 2.08. The number of nitrogens with one attached hydrogen (secondary N) is 1. The van der Waals surface area contributed by atoms with Gasteiger partial charge in [-0.2, -0.15) is 0 Å². The molecule has 0 saturated heterocycles. The van der Waals surface area contributed by atoms with Gasteiger partial charge in [-0.25, -0.2) is 8.42 Å². The zero-order valence-electron chi connectivity index (χ0n) is 12.7. The Morgan fingerprint density at radius 1 is 1.26 bits per heavy atom. The van der Waals surface area contributed by atoms with E-state index in [1.807, 2.05) is 41.8 Å². The first kappa shape index (κ1) is 15.8. The molecule has 0 radical (unpaired) electrons. The standard InChI is InChI=1S/C16H16N2O3S2/c1-11-9-12-5-3-4-6-13(12)18(11)10-15(19)17-16-14(7-8-22-16)23(2,20)21/h3-9H,10H2,1-2H3,(H,17,19). The first-order valence-electron chi connectivity index (χ1n) is 6.98. The largest absolute Gasteiger partial charge is 0.335 e. The number of aryl methyl sites for hydroxylation is 1. The van der Waals surface area contributed by atoms with Crippen LogP contribution >= 0.6 is 11.3 Å². The highest BCUT2D eigenvalue weighted by Crippen LogP contribution is 2.28. The average molecular weight is 348 g/mol. The van der Waals surface area contributed by atoms with E-state index in [1.54, 1.807) is 5.38 Å². The molecule has 0 aliphatic rings. The molecule has 2 heterocycles. The van der Waals surface area contributed by atoms with E-state index in [1.165, 1.54) is 17.4 Å². The van der Waals surface area contributed by atoms with Gasteiger partial charge in [0, 0.05) is 17.5 Å². The zero-order valence-corrected chi connectivity index (χ0v) is 14.4. The maximum Gasteiger partial charge on any atom is 0.244 e. The summed E-state index contributed by atoms with van der Waals surface area (Å²) in [4.78, 5) is 12.5. The lowest BCUT2D eigenvalue weighted by Gasteiger charge is -2.09. The molecule has 0 bridgehead atoms. The fraction of sp³-hybridized carbons (Fsp3) is 0.188. The second-order valence-electron chi connectivity index (χ2n) is 5.36. The normalized spacial score (nSPS) is 11.7. The highest BCUT2D eigenvalue weighted by Gasteiger charge is 2.17. The number of carbonyl (C=O) groups excluding carboxylic acids is 1. The number of aromatic nitrogens is 1. The lowest BCUT2D eigenvalue weighted by Crippen LogP contribution is -2.19. The molecule has 1 amide bonds. The Morgan fingerprint density at radius 2 is 2.00 bits per heavy atom. The minimum atomic E-state index is -3.35. The molecule has 7 heteroatoms. The van der Waals surface area contributed by atoms with Crippen molar-refractivity contribution >= 4 is 43.0 Å². The summed E-state index contributed by atoms with van der Waals surface area (Å²) in [5.41, 5.74) is 1.96. The molecule has 3 aromatic rings. The summed E-state index contributed by atoms with van der Waals surface area (Å²) in [5, 5.41) is 5.80. The third kappa shape index (κ3) is 3.16. The Bertz CT molecular complexity index is 984. The number of nitrogens with zero attached hydrogens (tertiary/aromatic N) is 1. The van der Waals surface area contributed by atoms with Crippen molar-refractivity contribution in [3.63, 3.8) is 0 Å². The van der Waals surface area contributed by atoms with Crippen molar-refractivity contribution in [2.24, 2.45) is 0 Å². The van der Waals surface area contributed by atoms with Gasteiger partial charge in [-0.3, -0.25) is 4.79 Å². The Morgan fingerprint density at radius 3 is 2.74 bits per heavy atom. The Labute approximate surface area is 138 Å². The summed E-state index contributed by atoms with van der Waals surface area (Å²) in [5.74, 6) is -0.248. The van der Waals surface area contributed by atoms with E-state index in [-0.39, 0.29) is 17.3 Å². The topological polar surface area (TPSA) is 68.2 Å². The van der Waals surface area contributed by atoms with Gasteiger partial charge in [-0.1, -0.05) is 18.2 Å². The predicted molar refractivity (Wildman–Crippen MR) is 92.7 cm³/mol. The van der Waals surface area contributed by atoms with Crippen molar-refractivity contribution in [2.75, 3.05) is 11.6 Å². The van der Waals surface area contributed by atoms with Crippen LogP contribution in [0.25, 0.3) is 10.9 Å².